The van der Waals surface area contributed by atoms with Gasteiger partial charge in [0.15, 0.2) is 11.5 Å². The molecule has 2 heterocycles. The van der Waals surface area contributed by atoms with Crippen molar-refractivity contribution in [2.45, 2.75) is 13.0 Å². The summed E-state index contributed by atoms with van der Waals surface area (Å²) >= 11 is 0. The molecule has 3 N–H and O–H groups in total. The van der Waals surface area contributed by atoms with Crippen LogP contribution in [0.25, 0.3) is 0 Å². The first-order valence-electron chi connectivity index (χ1n) is 9.68. The summed E-state index contributed by atoms with van der Waals surface area (Å²) < 4.78 is 0. The van der Waals surface area contributed by atoms with E-state index in [1.54, 1.807) is 19.2 Å². The molecule has 152 valence electrons. The summed E-state index contributed by atoms with van der Waals surface area (Å²) in [5.41, 5.74) is 4.07. The Bertz CT molecular complexity index is 1050. The Balaban J connectivity index is 1.46. The molecule has 0 unspecified atom stereocenters. The Labute approximate surface area is 174 Å². The molecular formula is C22H22N6O2. The third-order valence-electron chi connectivity index (χ3n) is 4.98. The fourth-order valence-corrected chi connectivity index (χ4v) is 3.47. The molecule has 0 saturated heterocycles. The molecule has 0 bridgehead atoms. The number of para-hydroxylation sites is 1. The van der Waals surface area contributed by atoms with E-state index in [-0.39, 0.29) is 17.6 Å². The highest BCUT2D eigenvalue weighted by Crippen LogP contribution is 2.28. The summed E-state index contributed by atoms with van der Waals surface area (Å²) in [5.74, 6) is 0.455. The van der Waals surface area contributed by atoms with Crippen LogP contribution in [0.3, 0.4) is 0 Å². The quantitative estimate of drug-likeness (QED) is 0.623. The molecule has 0 atom stereocenters. The number of hydrogen-bond acceptors (Lipinski definition) is 5. The standard InChI is InChI=1S/C22H22N6O2/c1-23-21(29)19-10-11-20(27-26-19)28-13-12-17-15(14-28)6-5-9-18(17)25-22(30)24-16-7-3-2-4-8-16/h2-11H,12-14H2,1H3,(H,23,29)(H2,24,25,30). The lowest BCUT2D eigenvalue weighted by Gasteiger charge is -2.30. The molecule has 0 saturated carbocycles. The third-order valence-corrected chi connectivity index (χ3v) is 4.98. The number of urea groups is 1. The Morgan fingerprint density at radius 1 is 0.933 bits per heavy atom. The number of amides is 3. The molecule has 30 heavy (non-hydrogen) atoms. The van der Waals surface area contributed by atoms with Crippen LogP contribution < -0.4 is 20.9 Å². The second kappa shape index (κ2) is 8.60. The van der Waals surface area contributed by atoms with Gasteiger partial charge in [0.25, 0.3) is 5.91 Å². The van der Waals surface area contributed by atoms with Gasteiger partial charge in [0.2, 0.25) is 0 Å². The number of carbonyl (C=O) groups excluding carboxylic acids is 2. The molecule has 0 fully saturated rings. The molecule has 1 aromatic heterocycles. The van der Waals surface area contributed by atoms with Gasteiger partial charge < -0.3 is 20.9 Å². The predicted octanol–water partition coefficient (Wildman–Crippen LogP) is 3.04. The summed E-state index contributed by atoms with van der Waals surface area (Å²) in [6.07, 6.45) is 0.760. The van der Waals surface area contributed by atoms with E-state index in [1.807, 2.05) is 48.5 Å². The zero-order valence-corrected chi connectivity index (χ0v) is 16.6. The largest absolute Gasteiger partial charge is 0.354 e. The van der Waals surface area contributed by atoms with E-state index in [0.29, 0.717) is 12.4 Å². The third kappa shape index (κ3) is 4.22. The van der Waals surface area contributed by atoms with Crippen LogP contribution in [0.2, 0.25) is 0 Å². The van der Waals surface area contributed by atoms with Crippen molar-refractivity contribution in [3.8, 4) is 0 Å². The van der Waals surface area contributed by atoms with Crippen molar-refractivity contribution in [3.05, 3.63) is 77.5 Å². The van der Waals surface area contributed by atoms with Gasteiger partial charge in [-0.1, -0.05) is 30.3 Å². The number of fused-ring (bicyclic) bond motifs is 1. The topological polar surface area (TPSA) is 99.2 Å². The van der Waals surface area contributed by atoms with Crippen molar-refractivity contribution in [1.29, 1.82) is 0 Å². The fourth-order valence-electron chi connectivity index (χ4n) is 3.47. The van der Waals surface area contributed by atoms with Crippen molar-refractivity contribution in [3.63, 3.8) is 0 Å². The van der Waals surface area contributed by atoms with E-state index in [1.165, 1.54) is 0 Å². The summed E-state index contributed by atoms with van der Waals surface area (Å²) in [7, 11) is 1.56. The van der Waals surface area contributed by atoms with Crippen molar-refractivity contribution in [2.24, 2.45) is 0 Å². The van der Waals surface area contributed by atoms with Crippen LogP contribution >= 0.6 is 0 Å². The highest BCUT2D eigenvalue weighted by atomic mass is 16.2. The van der Waals surface area contributed by atoms with Gasteiger partial charge in [-0.2, -0.15) is 0 Å². The van der Waals surface area contributed by atoms with Gasteiger partial charge in [0.1, 0.15) is 0 Å². The van der Waals surface area contributed by atoms with E-state index in [9.17, 15) is 9.59 Å². The predicted molar refractivity (Wildman–Crippen MR) is 116 cm³/mol. The Hall–Kier alpha value is -3.94. The van der Waals surface area contributed by atoms with Gasteiger partial charge in [-0.05, 0) is 47.9 Å². The molecular weight excluding hydrogens is 380 g/mol. The van der Waals surface area contributed by atoms with Crippen molar-refractivity contribution >= 4 is 29.1 Å². The first kappa shape index (κ1) is 19.4. The highest BCUT2D eigenvalue weighted by Gasteiger charge is 2.21. The molecule has 3 amide bonds. The molecule has 0 spiro atoms. The summed E-state index contributed by atoms with van der Waals surface area (Å²) in [6.45, 7) is 1.39. The minimum absolute atomic E-state index is 0.262. The average molecular weight is 402 g/mol. The smallest absolute Gasteiger partial charge is 0.323 e. The van der Waals surface area contributed by atoms with Gasteiger partial charge in [-0.15, -0.1) is 10.2 Å². The lowest BCUT2D eigenvalue weighted by molar-refractivity contribution is 0.0957. The molecule has 0 aliphatic carbocycles. The minimum Gasteiger partial charge on any atom is -0.354 e. The molecule has 8 nitrogen and oxygen atoms in total. The van der Waals surface area contributed by atoms with Crippen LogP contribution in [0.5, 0.6) is 0 Å². The number of hydrogen-bond donors (Lipinski definition) is 3. The molecule has 4 rings (SSSR count). The SMILES string of the molecule is CNC(=O)c1ccc(N2CCc3c(cccc3NC(=O)Nc3ccccc3)C2)nn1. The van der Waals surface area contributed by atoms with Crippen LogP contribution in [0, 0.1) is 0 Å². The van der Waals surface area contributed by atoms with E-state index < -0.39 is 0 Å². The number of anilines is 3. The maximum atomic E-state index is 12.4. The van der Waals surface area contributed by atoms with Gasteiger partial charge >= 0.3 is 6.03 Å². The second-order valence-corrected chi connectivity index (χ2v) is 6.92. The monoisotopic (exact) mass is 402 g/mol. The van der Waals surface area contributed by atoms with E-state index >= 15 is 0 Å². The maximum Gasteiger partial charge on any atom is 0.323 e. The summed E-state index contributed by atoms with van der Waals surface area (Å²) in [5, 5.41) is 16.5. The Kier molecular flexibility index (Phi) is 5.56. The maximum absolute atomic E-state index is 12.4. The molecule has 0 radical (unpaired) electrons. The number of benzene rings is 2. The number of nitrogens with zero attached hydrogens (tertiary/aromatic N) is 3. The first-order valence-corrected chi connectivity index (χ1v) is 9.68. The average Bonchev–Trinajstić information content (AvgIpc) is 2.79. The van der Waals surface area contributed by atoms with Gasteiger partial charge in [-0.25, -0.2) is 4.79 Å². The van der Waals surface area contributed by atoms with Crippen LogP contribution in [0.4, 0.5) is 22.0 Å². The number of nitrogens with one attached hydrogen (secondary N) is 3. The molecule has 1 aliphatic rings. The summed E-state index contributed by atoms with van der Waals surface area (Å²) in [6, 6.07) is 18.4. The molecule has 2 aromatic carbocycles. The fraction of sp³-hybridized carbons (Fsp3) is 0.182. The van der Waals surface area contributed by atoms with Crippen molar-refractivity contribution < 1.29 is 9.59 Å². The molecule has 8 heteroatoms. The Morgan fingerprint density at radius 2 is 1.77 bits per heavy atom. The van der Waals surface area contributed by atoms with Crippen LogP contribution in [0.1, 0.15) is 21.6 Å². The number of aromatic nitrogens is 2. The highest BCUT2D eigenvalue weighted by molar-refractivity contribution is 6.00. The minimum atomic E-state index is -0.271. The van der Waals surface area contributed by atoms with Crippen LogP contribution in [0.15, 0.2) is 60.7 Å². The zero-order valence-electron chi connectivity index (χ0n) is 16.6. The van der Waals surface area contributed by atoms with Gasteiger partial charge in [0, 0.05) is 31.5 Å². The van der Waals surface area contributed by atoms with E-state index in [2.05, 4.69) is 31.0 Å². The van der Waals surface area contributed by atoms with Crippen molar-refractivity contribution in [2.75, 3.05) is 29.1 Å². The zero-order chi connectivity index (χ0) is 20.9. The van der Waals surface area contributed by atoms with Crippen LogP contribution in [-0.4, -0.2) is 35.7 Å². The lowest BCUT2D eigenvalue weighted by atomic mass is 9.97. The van der Waals surface area contributed by atoms with Crippen molar-refractivity contribution in [1.82, 2.24) is 15.5 Å². The second-order valence-electron chi connectivity index (χ2n) is 6.92. The van der Waals surface area contributed by atoms with E-state index in [0.717, 1.165) is 35.5 Å². The number of carbonyl (C=O) groups is 2. The Morgan fingerprint density at radius 3 is 2.50 bits per heavy atom. The van der Waals surface area contributed by atoms with Crippen LogP contribution in [-0.2, 0) is 13.0 Å². The molecule has 1 aliphatic heterocycles. The summed E-state index contributed by atoms with van der Waals surface area (Å²) in [4.78, 5) is 26.1. The normalized spacial score (nSPS) is 12.6. The van der Waals surface area contributed by atoms with Gasteiger partial charge in [0.05, 0.1) is 0 Å². The molecule has 3 aromatic rings. The first-order chi connectivity index (χ1) is 14.6. The van der Waals surface area contributed by atoms with Gasteiger partial charge in [-0.3, -0.25) is 4.79 Å². The lowest BCUT2D eigenvalue weighted by Crippen LogP contribution is -2.32. The van der Waals surface area contributed by atoms with E-state index in [4.69, 9.17) is 0 Å². The number of rotatable bonds is 4.